The molecule has 0 aromatic heterocycles. The molecule has 132 valence electrons. The Kier molecular flexibility index (Phi) is 4.04. The Morgan fingerprint density at radius 3 is 2.38 bits per heavy atom. The van der Waals surface area contributed by atoms with Gasteiger partial charge in [0.15, 0.2) is 0 Å². The van der Waals surface area contributed by atoms with Gasteiger partial charge in [-0.05, 0) is 48.7 Å². The predicted molar refractivity (Wildman–Crippen MR) is 97.6 cm³/mol. The molecule has 2 aliphatic rings. The maximum atomic E-state index is 12.6. The van der Waals surface area contributed by atoms with Gasteiger partial charge in [-0.2, -0.15) is 0 Å². The molecule has 0 spiro atoms. The summed E-state index contributed by atoms with van der Waals surface area (Å²) in [6.45, 7) is 0.523. The maximum absolute atomic E-state index is 12.6. The molecule has 0 bridgehead atoms. The number of benzene rings is 2. The second-order valence-electron chi connectivity index (χ2n) is 6.87. The largest absolute Gasteiger partial charge is 0.351 e. The summed E-state index contributed by atoms with van der Waals surface area (Å²) < 4.78 is 0. The number of imide groups is 1. The summed E-state index contributed by atoms with van der Waals surface area (Å²) in [6.07, 6.45) is 3.14. The average molecular weight is 369 g/mol. The van der Waals surface area contributed by atoms with Crippen molar-refractivity contribution in [2.45, 2.75) is 24.7 Å². The summed E-state index contributed by atoms with van der Waals surface area (Å²) in [5.74, 6) is -1.13. The molecule has 1 aliphatic carbocycles. The minimum atomic E-state index is -0.462. The van der Waals surface area contributed by atoms with Crippen molar-refractivity contribution in [3.8, 4) is 0 Å². The van der Waals surface area contributed by atoms with E-state index in [-0.39, 0.29) is 16.9 Å². The first kappa shape index (κ1) is 16.8. The van der Waals surface area contributed by atoms with Crippen LogP contribution >= 0.6 is 11.6 Å². The lowest BCUT2D eigenvalue weighted by Gasteiger charge is -2.42. The van der Waals surface area contributed by atoms with Crippen LogP contribution in [0.25, 0.3) is 0 Å². The Labute approximate surface area is 155 Å². The standard InChI is InChI=1S/C20H17ClN2O3/c21-14-5-3-13(4-6-14)20(8-1-9-20)11-22-17(24)12-2-7-15-16(10-12)19(26)23-18(15)25/h2-7,10H,1,8-9,11H2,(H,22,24)(H,23,25,26). The summed E-state index contributed by atoms with van der Waals surface area (Å²) in [4.78, 5) is 35.9. The fourth-order valence-electron chi connectivity index (χ4n) is 3.64. The SMILES string of the molecule is O=C(NCC1(c2ccc(Cl)cc2)CCC1)c1ccc2c(c1)C(=O)NC2=O. The molecule has 1 heterocycles. The van der Waals surface area contributed by atoms with Crippen molar-refractivity contribution in [3.63, 3.8) is 0 Å². The number of carbonyl (C=O) groups is 3. The molecular formula is C20H17ClN2O3. The number of fused-ring (bicyclic) bond motifs is 1. The van der Waals surface area contributed by atoms with Crippen LogP contribution in [-0.2, 0) is 5.41 Å². The van der Waals surface area contributed by atoms with E-state index in [9.17, 15) is 14.4 Å². The Balaban J connectivity index is 1.50. The van der Waals surface area contributed by atoms with Gasteiger partial charge in [-0.15, -0.1) is 0 Å². The monoisotopic (exact) mass is 368 g/mol. The van der Waals surface area contributed by atoms with E-state index in [0.717, 1.165) is 19.3 Å². The molecule has 0 radical (unpaired) electrons. The fourth-order valence-corrected chi connectivity index (χ4v) is 3.76. The van der Waals surface area contributed by atoms with E-state index >= 15 is 0 Å². The van der Waals surface area contributed by atoms with Crippen LogP contribution in [0.5, 0.6) is 0 Å². The van der Waals surface area contributed by atoms with Gasteiger partial charge in [0.1, 0.15) is 0 Å². The van der Waals surface area contributed by atoms with Crippen molar-refractivity contribution < 1.29 is 14.4 Å². The third kappa shape index (κ3) is 2.78. The smallest absolute Gasteiger partial charge is 0.258 e. The second-order valence-corrected chi connectivity index (χ2v) is 7.30. The molecule has 0 unspecified atom stereocenters. The van der Waals surface area contributed by atoms with E-state index in [4.69, 9.17) is 11.6 Å². The predicted octanol–water partition coefficient (Wildman–Crippen LogP) is 3.08. The average Bonchev–Trinajstić information content (AvgIpc) is 2.89. The van der Waals surface area contributed by atoms with E-state index in [1.807, 2.05) is 24.3 Å². The molecule has 0 saturated heterocycles. The number of carbonyl (C=O) groups excluding carboxylic acids is 3. The lowest BCUT2D eigenvalue weighted by atomic mass is 9.64. The molecule has 2 aromatic rings. The molecule has 2 N–H and O–H groups in total. The number of nitrogens with one attached hydrogen (secondary N) is 2. The molecule has 1 aliphatic heterocycles. The third-order valence-corrected chi connectivity index (χ3v) is 5.60. The van der Waals surface area contributed by atoms with Crippen molar-refractivity contribution in [2.24, 2.45) is 0 Å². The maximum Gasteiger partial charge on any atom is 0.258 e. The van der Waals surface area contributed by atoms with Crippen LogP contribution in [-0.4, -0.2) is 24.3 Å². The van der Waals surface area contributed by atoms with Gasteiger partial charge in [0.05, 0.1) is 11.1 Å². The molecule has 2 aromatic carbocycles. The molecule has 26 heavy (non-hydrogen) atoms. The minimum absolute atomic E-state index is 0.0652. The molecule has 3 amide bonds. The zero-order valence-corrected chi connectivity index (χ0v) is 14.7. The summed E-state index contributed by atoms with van der Waals surface area (Å²) in [6, 6.07) is 12.3. The van der Waals surface area contributed by atoms with Gasteiger partial charge in [0.2, 0.25) is 0 Å². The van der Waals surface area contributed by atoms with E-state index in [0.29, 0.717) is 22.7 Å². The Hall–Kier alpha value is -2.66. The molecule has 1 fully saturated rings. The van der Waals surface area contributed by atoms with Crippen LogP contribution in [0, 0.1) is 0 Å². The van der Waals surface area contributed by atoms with Crippen LogP contribution in [0.4, 0.5) is 0 Å². The molecule has 4 rings (SSSR count). The summed E-state index contributed by atoms with van der Waals surface area (Å²) in [5, 5.41) is 5.90. The van der Waals surface area contributed by atoms with Gasteiger partial charge < -0.3 is 5.32 Å². The van der Waals surface area contributed by atoms with Gasteiger partial charge in [0, 0.05) is 22.5 Å². The zero-order chi connectivity index (χ0) is 18.3. The summed E-state index contributed by atoms with van der Waals surface area (Å²) >= 11 is 5.97. The number of hydrogen-bond donors (Lipinski definition) is 2. The highest BCUT2D eigenvalue weighted by Gasteiger charge is 2.39. The van der Waals surface area contributed by atoms with Crippen molar-refractivity contribution in [2.75, 3.05) is 6.54 Å². The van der Waals surface area contributed by atoms with Gasteiger partial charge >= 0.3 is 0 Å². The quantitative estimate of drug-likeness (QED) is 0.814. The van der Waals surface area contributed by atoms with Gasteiger partial charge in [0.25, 0.3) is 17.7 Å². The lowest BCUT2D eigenvalue weighted by Crippen LogP contribution is -2.45. The van der Waals surface area contributed by atoms with Crippen molar-refractivity contribution in [3.05, 3.63) is 69.7 Å². The van der Waals surface area contributed by atoms with Gasteiger partial charge in [-0.1, -0.05) is 30.2 Å². The highest BCUT2D eigenvalue weighted by atomic mass is 35.5. The first-order valence-electron chi connectivity index (χ1n) is 8.52. The molecule has 5 nitrogen and oxygen atoms in total. The number of amides is 3. The summed E-state index contributed by atoms with van der Waals surface area (Å²) in [5.41, 5.74) is 2.04. The number of rotatable bonds is 4. The van der Waals surface area contributed by atoms with E-state index in [2.05, 4.69) is 10.6 Å². The lowest BCUT2D eigenvalue weighted by molar-refractivity contribution is 0.0878. The highest BCUT2D eigenvalue weighted by Crippen LogP contribution is 2.43. The normalized spacial score (nSPS) is 17.3. The first-order valence-corrected chi connectivity index (χ1v) is 8.90. The fraction of sp³-hybridized carbons (Fsp3) is 0.250. The first-order chi connectivity index (χ1) is 12.5. The molecular weight excluding hydrogens is 352 g/mol. The Morgan fingerprint density at radius 1 is 1.04 bits per heavy atom. The molecule has 1 saturated carbocycles. The van der Waals surface area contributed by atoms with Crippen LogP contribution in [0.15, 0.2) is 42.5 Å². The molecule has 0 atom stereocenters. The zero-order valence-electron chi connectivity index (χ0n) is 14.0. The van der Waals surface area contributed by atoms with Gasteiger partial charge in [-0.25, -0.2) is 0 Å². The minimum Gasteiger partial charge on any atom is -0.351 e. The van der Waals surface area contributed by atoms with Crippen LogP contribution in [0.2, 0.25) is 5.02 Å². The van der Waals surface area contributed by atoms with Crippen molar-refractivity contribution >= 4 is 29.3 Å². The third-order valence-electron chi connectivity index (χ3n) is 5.35. The molecule has 6 heteroatoms. The van der Waals surface area contributed by atoms with Gasteiger partial charge in [-0.3, -0.25) is 19.7 Å². The highest BCUT2D eigenvalue weighted by molar-refractivity contribution is 6.30. The van der Waals surface area contributed by atoms with Crippen LogP contribution < -0.4 is 10.6 Å². The van der Waals surface area contributed by atoms with E-state index in [1.54, 1.807) is 6.07 Å². The van der Waals surface area contributed by atoms with Crippen LogP contribution in [0.1, 0.15) is 55.9 Å². The van der Waals surface area contributed by atoms with Crippen molar-refractivity contribution in [1.82, 2.24) is 10.6 Å². The number of halogens is 1. The number of hydrogen-bond acceptors (Lipinski definition) is 3. The van der Waals surface area contributed by atoms with Crippen LogP contribution in [0.3, 0.4) is 0 Å². The Bertz CT molecular complexity index is 917. The topological polar surface area (TPSA) is 75.3 Å². The van der Waals surface area contributed by atoms with E-state index < -0.39 is 11.8 Å². The van der Waals surface area contributed by atoms with E-state index in [1.165, 1.54) is 17.7 Å². The Morgan fingerprint density at radius 2 is 1.73 bits per heavy atom. The summed E-state index contributed by atoms with van der Waals surface area (Å²) in [7, 11) is 0. The van der Waals surface area contributed by atoms with Crippen molar-refractivity contribution in [1.29, 1.82) is 0 Å². The second kappa shape index (κ2) is 6.25.